The van der Waals surface area contributed by atoms with Crippen LogP contribution in [-0.2, 0) is 12.4 Å². The van der Waals surface area contributed by atoms with Crippen LogP contribution >= 0.6 is 0 Å². The lowest BCUT2D eigenvalue weighted by Gasteiger charge is -2.14. The fourth-order valence-electron chi connectivity index (χ4n) is 2.44. The zero-order valence-corrected chi connectivity index (χ0v) is 14.5. The molecule has 2 aromatic heterocycles. The molecule has 3 rings (SSSR count). The maximum absolute atomic E-state index is 12.9. The highest BCUT2D eigenvalue weighted by atomic mass is 19.4. The van der Waals surface area contributed by atoms with E-state index in [-0.39, 0.29) is 11.9 Å². The monoisotopic (exact) mass is 415 g/mol. The number of alkyl halides is 6. The summed E-state index contributed by atoms with van der Waals surface area (Å²) in [4.78, 5) is 24.1. The predicted octanol–water partition coefficient (Wildman–Crippen LogP) is 4.26. The minimum atomic E-state index is -5.06. The average Bonchev–Trinajstić information content (AvgIpc) is 3.06. The van der Waals surface area contributed by atoms with Crippen LogP contribution in [0.15, 0.2) is 43.0 Å². The van der Waals surface area contributed by atoms with E-state index in [1.165, 1.54) is 12.3 Å². The lowest BCUT2D eigenvalue weighted by Crippen LogP contribution is -2.18. The fraction of sp³-hybridized carbons (Fsp3) is 0.176. The number of anilines is 1. The first-order valence-electron chi connectivity index (χ1n) is 7.88. The van der Waals surface area contributed by atoms with Crippen molar-refractivity contribution in [2.24, 2.45) is 0 Å². The standard InChI is InChI=1S/C17H11F6N5O/c1-9-24-2-3-28(9)14-7-13(25-8-26-14)27-15(29)10-4-11(16(18,19)20)6-12(5-10)17(21,22)23/h2-8H,1H3,(H,25,26,27,29). The van der Waals surface area contributed by atoms with Gasteiger partial charge in [0.2, 0.25) is 0 Å². The van der Waals surface area contributed by atoms with Crippen LogP contribution in [0.5, 0.6) is 0 Å². The molecular formula is C17H11F6N5O. The van der Waals surface area contributed by atoms with E-state index >= 15 is 0 Å². The Labute approximate surface area is 159 Å². The van der Waals surface area contributed by atoms with Crippen molar-refractivity contribution in [2.75, 3.05) is 5.32 Å². The van der Waals surface area contributed by atoms with Crippen LogP contribution in [0.25, 0.3) is 5.82 Å². The van der Waals surface area contributed by atoms with E-state index in [0.29, 0.717) is 23.8 Å². The second-order valence-corrected chi connectivity index (χ2v) is 5.85. The third-order valence-electron chi connectivity index (χ3n) is 3.82. The van der Waals surface area contributed by atoms with Crippen molar-refractivity contribution in [3.63, 3.8) is 0 Å². The van der Waals surface area contributed by atoms with E-state index in [2.05, 4.69) is 20.3 Å². The summed E-state index contributed by atoms with van der Waals surface area (Å²) in [5.74, 6) is -0.438. The van der Waals surface area contributed by atoms with Crippen LogP contribution in [0.4, 0.5) is 32.2 Å². The van der Waals surface area contributed by atoms with Crippen LogP contribution in [0.1, 0.15) is 27.3 Å². The molecule has 0 aliphatic heterocycles. The Hall–Kier alpha value is -3.44. The Balaban J connectivity index is 1.94. The van der Waals surface area contributed by atoms with Crippen LogP contribution in [-0.4, -0.2) is 25.4 Å². The summed E-state index contributed by atoms with van der Waals surface area (Å²) in [7, 11) is 0. The minimum Gasteiger partial charge on any atom is -0.306 e. The number of nitrogens with one attached hydrogen (secondary N) is 1. The number of halogens is 6. The van der Waals surface area contributed by atoms with Crippen molar-refractivity contribution in [1.82, 2.24) is 19.5 Å². The third kappa shape index (κ3) is 4.52. The zero-order valence-electron chi connectivity index (χ0n) is 14.5. The van der Waals surface area contributed by atoms with E-state index in [9.17, 15) is 31.1 Å². The zero-order chi connectivity index (χ0) is 21.4. The summed E-state index contributed by atoms with van der Waals surface area (Å²) in [6.07, 6.45) is -5.96. The highest BCUT2D eigenvalue weighted by molar-refractivity contribution is 6.04. The minimum absolute atomic E-state index is 0.0542. The molecule has 0 aliphatic carbocycles. The van der Waals surface area contributed by atoms with E-state index in [0.717, 1.165) is 6.33 Å². The third-order valence-corrected chi connectivity index (χ3v) is 3.82. The molecule has 0 atom stereocenters. The number of hydrogen-bond donors (Lipinski definition) is 1. The normalized spacial score (nSPS) is 12.1. The molecule has 0 saturated carbocycles. The van der Waals surface area contributed by atoms with Crippen LogP contribution in [0.3, 0.4) is 0 Å². The Morgan fingerprint density at radius 1 is 0.931 bits per heavy atom. The molecule has 0 radical (unpaired) electrons. The Bertz CT molecular complexity index is 1020. The van der Waals surface area contributed by atoms with E-state index < -0.39 is 35.0 Å². The van der Waals surface area contributed by atoms with Crippen LogP contribution in [0.2, 0.25) is 0 Å². The molecule has 2 heterocycles. The number of imidazole rings is 1. The summed E-state index contributed by atoms with van der Waals surface area (Å²) in [6.45, 7) is 1.68. The number of aryl methyl sites for hydroxylation is 1. The summed E-state index contributed by atoms with van der Waals surface area (Å²) < 4.78 is 79.2. The molecule has 3 aromatic rings. The number of nitrogens with zero attached hydrogens (tertiary/aromatic N) is 4. The molecular weight excluding hydrogens is 404 g/mol. The molecule has 0 unspecified atom stereocenters. The molecule has 0 fully saturated rings. The fourth-order valence-corrected chi connectivity index (χ4v) is 2.44. The summed E-state index contributed by atoms with van der Waals surface area (Å²) in [6, 6.07) is 1.92. The van der Waals surface area contributed by atoms with Crippen molar-refractivity contribution in [1.29, 1.82) is 0 Å². The van der Waals surface area contributed by atoms with Crippen molar-refractivity contribution in [2.45, 2.75) is 19.3 Å². The first kappa shape index (κ1) is 20.3. The van der Waals surface area contributed by atoms with Gasteiger partial charge in [0.25, 0.3) is 5.91 Å². The van der Waals surface area contributed by atoms with Crippen molar-refractivity contribution in [3.05, 3.63) is 65.5 Å². The molecule has 1 N–H and O–H groups in total. The molecule has 12 heteroatoms. The predicted molar refractivity (Wildman–Crippen MR) is 88.3 cm³/mol. The number of amides is 1. The summed E-state index contributed by atoms with van der Waals surface area (Å²) in [5.41, 5.74) is -3.99. The number of carbonyl (C=O) groups excluding carboxylic acids is 1. The number of hydrogen-bond acceptors (Lipinski definition) is 4. The summed E-state index contributed by atoms with van der Waals surface area (Å²) >= 11 is 0. The molecule has 0 spiro atoms. The summed E-state index contributed by atoms with van der Waals surface area (Å²) in [5, 5.41) is 2.18. The smallest absolute Gasteiger partial charge is 0.306 e. The van der Waals surface area contributed by atoms with E-state index in [1.54, 1.807) is 17.7 Å². The lowest BCUT2D eigenvalue weighted by atomic mass is 10.0. The maximum Gasteiger partial charge on any atom is 0.416 e. The number of aromatic nitrogens is 4. The van der Waals surface area contributed by atoms with Gasteiger partial charge < -0.3 is 5.32 Å². The van der Waals surface area contributed by atoms with Crippen LogP contribution < -0.4 is 5.32 Å². The first-order chi connectivity index (χ1) is 13.4. The maximum atomic E-state index is 12.9. The second kappa shape index (κ2) is 7.18. The molecule has 1 aromatic carbocycles. The van der Waals surface area contributed by atoms with Gasteiger partial charge in [-0.15, -0.1) is 0 Å². The second-order valence-electron chi connectivity index (χ2n) is 5.85. The molecule has 152 valence electrons. The molecule has 6 nitrogen and oxygen atoms in total. The van der Waals surface area contributed by atoms with Gasteiger partial charge in [-0.1, -0.05) is 0 Å². The molecule has 29 heavy (non-hydrogen) atoms. The van der Waals surface area contributed by atoms with Crippen molar-refractivity contribution in [3.8, 4) is 5.82 Å². The largest absolute Gasteiger partial charge is 0.416 e. The SMILES string of the molecule is Cc1nccn1-c1cc(NC(=O)c2cc(C(F)(F)F)cc(C(F)(F)F)c2)ncn1. The van der Waals surface area contributed by atoms with Gasteiger partial charge in [0.1, 0.15) is 23.8 Å². The Morgan fingerprint density at radius 3 is 2.07 bits per heavy atom. The van der Waals surface area contributed by atoms with E-state index in [4.69, 9.17) is 0 Å². The molecule has 0 aliphatic rings. The van der Waals surface area contributed by atoms with Gasteiger partial charge in [-0.05, 0) is 25.1 Å². The number of carbonyl (C=O) groups is 1. The van der Waals surface area contributed by atoms with Gasteiger partial charge in [-0.3, -0.25) is 9.36 Å². The van der Waals surface area contributed by atoms with Crippen molar-refractivity contribution >= 4 is 11.7 Å². The Kier molecular flexibility index (Phi) is 5.03. The molecule has 1 amide bonds. The average molecular weight is 415 g/mol. The van der Waals surface area contributed by atoms with Gasteiger partial charge in [-0.2, -0.15) is 26.3 Å². The first-order valence-corrected chi connectivity index (χ1v) is 7.88. The van der Waals surface area contributed by atoms with Crippen molar-refractivity contribution < 1.29 is 31.1 Å². The quantitative estimate of drug-likeness (QED) is 0.649. The highest BCUT2D eigenvalue weighted by Crippen LogP contribution is 2.36. The van der Waals surface area contributed by atoms with Gasteiger partial charge >= 0.3 is 12.4 Å². The van der Waals surface area contributed by atoms with Crippen LogP contribution in [0, 0.1) is 6.92 Å². The van der Waals surface area contributed by atoms with Gasteiger partial charge in [-0.25, -0.2) is 15.0 Å². The van der Waals surface area contributed by atoms with Gasteiger partial charge in [0, 0.05) is 24.0 Å². The molecule has 0 saturated heterocycles. The lowest BCUT2D eigenvalue weighted by molar-refractivity contribution is -0.143. The molecule has 0 bridgehead atoms. The van der Waals surface area contributed by atoms with Gasteiger partial charge in [0.05, 0.1) is 11.1 Å². The van der Waals surface area contributed by atoms with Gasteiger partial charge in [0.15, 0.2) is 0 Å². The topological polar surface area (TPSA) is 72.7 Å². The Morgan fingerprint density at radius 2 is 1.55 bits per heavy atom. The highest BCUT2D eigenvalue weighted by Gasteiger charge is 2.37. The number of rotatable bonds is 3. The number of benzene rings is 1. The van der Waals surface area contributed by atoms with E-state index in [1.807, 2.05) is 0 Å².